The highest BCUT2D eigenvalue weighted by Gasteiger charge is 2.24. The molecule has 0 saturated heterocycles. The van der Waals surface area contributed by atoms with Gasteiger partial charge in [-0.25, -0.2) is 4.79 Å². The van der Waals surface area contributed by atoms with Gasteiger partial charge in [-0.3, -0.25) is 4.79 Å². The van der Waals surface area contributed by atoms with Crippen molar-refractivity contribution in [1.29, 1.82) is 0 Å². The Hall–Kier alpha value is -1.49. The van der Waals surface area contributed by atoms with Crippen LogP contribution in [0.1, 0.15) is 50.6 Å². The smallest absolute Gasteiger partial charge is 0.326 e. The van der Waals surface area contributed by atoms with Crippen LogP contribution in [0.4, 0.5) is 0 Å². The monoisotopic (exact) mass is 300 g/mol. The number of nitrogens with zero attached hydrogens (tertiary/aromatic N) is 1. The van der Waals surface area contributed by atoms with E-state index in [1.54, 1.807) is 16.8 Å². The molecule has 0 fully saturated rings. The molecule has 1 aromatic rings. The van der Waals surface area contributed by atoms with Gasteiger partial charge in [0, 0.05) is 12.2 Å². The molecule has 5 nitrogen and oxygen atoms in total. The fourth-order valence-corrected chi connectivity index (χ4v) is 2.19. The van der Waals surface area contributed by atoms with Gasteiger partial charge in [-0.15, -0.1) is 0 Å². The summed E-state index contributed by atoms with van der Waals surface area (Å²) in [7, 11) is 0. The van der Waals surface area contributed by atoms with Gasteiger partial charge in [0.05, 0.1) is 5.02 Å². The quantitative estimate of drug-likeness (QED) is 0.848. The average Bonchev–Trinajstić information content (AvgIpc) is 2.69. The van der Waals surface area contributed by atoms with Gasteiger partial charge in [0.2, 0.25) is 0 Å². The van der Waals surface area contributed by atoms with Crippen LogP contribution in [0.2, 0.25) is 5.02 Å². The number of amides is 1. The molecular weight excluding hydrogens is 280 g/mol. The summed E-state index contributed by atoms with van der Waals surface area (Å²) in [6, 6.07) is 0.721. The third-order valence-electron chi connectivity index (χ3n) is 2.91. The van der Waals surface area contributed by atoms with E-state index in [4.69, 9.17) is 16.7 Å². The fourth-order valence-electron chi connectivity index (χ4n) is 1.98. The van der Waals surface area contributed by atoms with Crippen molar-refractivity contribution in [2.45, 2.75) is 46.2 Å². The number of aromatic nitrogens is 1. The number of hydrogen-bond donors (Lipinski definition) is 2. The molecule has 1 rings (SSSR count). The predicted molar refractivity (Wildman–Crippen MR) is 78.2 cm³/mol. The molecule has 1 amide bonds. The Morgan fingerprint density at radius 1 is 1.35 bits per heavy atom. The number of carboxylic acids is 1. The van der Waals surface area contributed by atoms with Gasteiger partial charge in [-0.2, -0.15) is 0 Å². The molecule has 1 atom stereocenters. The van der Waals surface area contributed by atoms with Gasteiger partial charge < -0.3 is 15.0 Å². The number of carbonyl (C=O) groups excluding carboxylic acids is 1. The molecule has 0 spiro atoms. The van der Waals surface area contributed by atoms with Crippen molar-refractivity contribution in [3.8, 4) is 0 Å². The highest BCUT2D eigenvalue weighted by molar-refractivity contribution is 6.31. The Kier molecular flexibility index (Phi) is 5.62. The van der Waals surface area contributed by atoms with E-state index in [1.807, 2.05) is 27.7 Å². The molecule has 6 heteroatoms. The molecular formula is C14H21ClN2O3. The zero-order chi connectivity index (χ0) is 15.4. The molecule has 2 N–H and O–H groups in total. The average molecular weight is 301 g/mol. The van der Waals surface area contributed by atoms with Gasteiger partial charge in [-0.1, -0.05) is 25.4 Å². The minimum Gasteiger partial charge on any atom is -0.480 e. The van der Waals surface area contributed by atoms with Crippen LogP contribution in [0.15, 0.2) is 12.3 Å². The minimum absolute atomic E-state index is 0.0663. The lowest BCUT2D eigenvalue weighted by atomic mass is 10.0. The fraction of sp³-hybridized carbons (Fsp3) is 0.571. The molecule has 0 radical (unpaired) electrons. The van der Waals surface area contributed by atoms with E-state index in [-0.39, 0.29) is 12.0 Å². The van der Waals surface area contributed by atoms with Crippen LogP contribution < -0.4 is 5.32 Å². The van der Waals surface area contributed by atoms with Crippen LogP contribution >= 0.6 is 11.6 Å². The SMILES string of the molecule is CC(C)C[C@H](NC(=O)c1cc(Cl)cn1C(C)C)C(=O)O. The number of nitrogens with one attached hydrogen (secondary N) is 1. The van der Waals surface area contributed by atoms with Gasteiger partial charge >= 0.3 is 5.97 Å². The molecule has 20 heavy (non-hydrogen) atoms. The molecule has 1 heterocycles. The first-order valence-corrected chi connectivity index (χ1v) is 7.01. The van der Waals surface area contributed by atoms with E-state index in [2.05, 4.69) is 5.32 Å². The van der Waals surface area contributed by atoms with Crippen LogP contribution in [0.3, 0.4) is 0 Å². The van der Waals surface area contributed by atoms with Crippen LogP contribution in [0, 0.1) is 5.92 Å². The molecule has 0 aliphatic carbocycles. The predicted octanol–water partition coefficient (Wildman–Crippen LogP) is 2.95. The third kappa shape index (κ3) is 4.27. The summed E-state index contributed by atoms with van der Waals surface area (Å²) in [4.78, 5) is 23.4. The Bertz CT molecular complexity index is 495. The van der Waals surface area contributed by atoms with E-state index in [9.17, 15) is 9.59 Å². The van der Waals surface area contributed by atoms with E-state index >= 15 is 0 Å². The highest BCUT2D eigenvalue weighted by atomic mass is 35.5. The Morgan fingerprint density at radius 2 is 1.95 bits per heavy atom. The van der Waals surface area contributed by atoms with Crippen molar-refractivity contribution in [3.63, 3.8) is 0 Å². The van der Waals surface area contributed by atoms with Crippen molar-refractivity contribution in [1.82, 2.24) is 9.88 Å². The maximum atomic E-state index is 12.2. The molecule has 0 aromatic carbocycles. The number of rotatable bonds is 6. The van der Waals surface area contributed by atoms with Gasteiger partial charge in [0.15, 0.2) is 0 Å². The maximum Gasteiger partial charge on any atom is 0.326 e. The van der Waals surface area contributed by atoms with E-state index in [0.717, 1.165) is 0 Å². The molecule has 0 aliphatic rings. The Labute approximate surface area is 123 Å². The van der Waals surface area contributed by atoms with Gasteiger partial charge in [-0.05, 0) is 32.3 Å². The topological polar surface area (TPSA) is 71.3 Å². The molecule has 0 aliphatic heterocycles. The first-order valence-electron chi connectivity index (χ1n) is 6.63. The lowest BCUT2D eigenvalue weighted by molar-refractivity contribution is -0.139. The number of aliphatic carboxylic acids is 1. The van der Waals surface area contributed by atoms with E-state index in [1.165, 1.54) is 0 Å². The van der Waals surface area contributed by atoms with Crippen molar-refractivity contribution in [3.05, 3.63) is 23.0 Å². The van der Waals surface area contributed by atoms with Crippen LogP contribution in [-0.2, 0) is 4.79 Å². The van der Waals surface area contributed by atoms with Crippen molar-refractivity contribution < 1.29 is 14.7 Å². The lowest BCUT2D eigenvalue weighted by Gasteiger charge is -2.18. The molecule has 0 bridgehead atoms. The molecule has 0 unspecified atom stereocenters. The first-order chi connectivity index (χ1) is 9.22. The number of carbonyl (C=O) groups is 2. The van der Waals surface area contributed by atoms with Crippen LogP contribution in [0.25, 0.3) is 0 Å². The summed E-state index contributed by atoms with van der Waals surface area (Å²) in [6.45, 7) is 7.68. The largest absolute Gasteiger partial charge is 0.480 e. The lowest BCUT2D eigenvalue weighted by Crippen LogP contribution is -2.42. The second-order valence-electron chi connectivity index (χ2n) is 5.54. The molecule has 1 aromatic heterocycles. The summed E-state index contributed by atoms with van der Waals surface area (Å²) >= 11 is 5.92. The second-order valence-corrected chi connectivity index (χ2v) is 5.97. The third-order valence-corrected chi connectivity index (χ3v) is 3.12. The van der Waals surface area contributed by atoms with Crippen LogP contribution in [0.5, 0.6) is 0 Å². The number of halogens is 1. The van der Waals surface area contributed by atoms with Crippen molar-refractivity contribution in [2.75, 3.05) is 0 Å². The van der Waals surface area contributed by atoms with Gasteiger partial charge in [0.25, 0.3) is 5.91 Å². The molecule has 0 saturated carbocycles. The number of hydrogen-bond acceptors (Lipinski definition) is 2. The van der Waals surface area contributed by atoms with Crippen molar-refractivity contribution >= 4 is 23.5 Å². The second kappa shape index (κ2) is 6.79. The maximum absolute atomic E-state index is 12.2. The van der Waals surface area contributed by atoms with Crippen LogP contribution in [-0.4, -0.2) is 27.6 Å². The summed E-state index contributed by atoms with van der Waals surface area (Å²) in [5.41, 5.74) is 0.375. The summed E-state index contributed by atoms with van der Waals surface area (Å²) in [6.07, 6.45) is 2.05. The van der Waals surface area contributed by atoms with E-state index in [0.29, 0.717) is 17.1 Å². The first kappa shape index (κ1) is 16.6. The van der Waals surface area contributed by atoms with Gasteiger partial charge in [0.1, 0.15) is 11.7 Å². The Morgan fingerprint density at radius 3 is 2.40 bits per heavy atom. The van der Waals surface area contributed by atoms with E-state index < -0.39 is 17.9 Å². The summed E-state index contributed by atoms with van der Waals surface area (Å²) in [5.74, 6) is -1.27. The normalized spacial score (nSPS) is 12.8. The van der Waals surface area contributed by atoms with Crippen molar-refractivity contribution in [2.24, 2.45) is 5.92 Å². The zero-order valence-corrected chi connectivity index (χ0v) is 12.9. The molecule has 112 valence electrons. The minimum atomic E-state index is -1.03. The number of carboxylic acid groups (broad SMARTS) is 1. The highest BCUT2D eigenvalue weighted by Crippen LogP contribution is 2.19. The zero-order valence-electron chi connectivity index (χ0n) is 12.2. The standard InChI is InChI=1S/C14H21ClN2O3/c1-8(2)5-11(14(19)20)16-13(18)12-6-10(15)7-17(12)9(3)4/h6-9,11H,5H2,1-4H3,(H,16,18)(H,19,20)/t11-/m0/s1. The summed E-state index contributed by atoms with van der Waals surface area (Å²) < 4.78 is 1.73. The summed E-state index contributed by atoms with van der Waals surface area (Å²) in [5, 5.41) is 12.2. The Balaban J connectivity index is 2.92.